The molecule has 33 heavy (non-hydrogen) atoms. The molecule has 1 atom stereocenters. The Bertz CT molecular complexity index is 1210. The lowest BCUT2D eigenvalue weighted by atomic mass is 9.75. The van der Waals surface area contributed by atoms with Gasteiger partial charge in [0.2, 0.25) is 10.0 Å². The zero-order valence-electron chi connectivity index (χ0n) is 18.8. The Labute approximate surface area is 195 Å². The normalized spacial score (nSPS) is 27.2. The SMILES string of the molecule is CS(=O)(=O)Nc1ccc2c(c1)C(O)CC1(CCC(N3CCc4cc(C#N)ccc4C3)CC1)O2. The van der Waals surface area contributed by atoms with Crippen LogP contribution in [0.3, 0.4) is 0 Å². The van der Waals surface area contributed by atoms with E-state index in [1.807, 2.05) is 12.1 Å². The molecule has 0 bridgehead atoms. The number of rotatable bonds is 3. The first kappa shape index (κ1) is 22.2. The quantitative estimate of drug-likeness (QED) is 0.716. The molecule has 3 aliphatic rings. The Kier molecular flexibility index (Phi) is 5.60. The van der Waals surface area contributed by atoms with Crippen LogP contribution in [0.1, 0.15) is 60.5 Å². The van der Waals surface area contributed by atoms with Crippen molar-refractivity contribution >= 4 is 15.7 Å². The van der Waals surface area contributed by atoms with Crippen molar-refractivity contribution in [1.29, 1.82) is 5.26 Å². The molecule has 7 nitrogen and oxygen atoms in total. The summed E-state index contributed by atoms with van der Waals surface area (Å²) in [5.74, 6) is 0.645. The van der Waals surface area contributed by atoms with E-state index in [2.05, 4.69) is 21.8 Å². The van der Waals surface area contributed by atoms with E-state index < -0.39 is 16.1 Å². The van der Waals surface area contributed by atoms with Gasteiger partial charge in [-0.05, 0) is 73.6 Å². The fourth-order valence-corrected chi connectivity index (χ4v) is 6.23. The van der Waals surface area contributed by atoms with Crippen LogP contribution in [0.4, 0.5) is 5.69 Å². The van der Waals surface area contributed by atoms with Crippen molar-refractivity contribution in [1.82, 2.24) is 4.90 Å². The van der Waals surface area contributed by atoms with E-state index in [0.717, 1.165) is 57.0 Å². The molecule has 5 rings (SSSR count). The third-order valence-electron chi connectivity index (χ3n) is 7.32. The number of anilines is 1. The third-order valence-corrected chi connectivity index (χ3v) is 7.93. The number of aliphatic hydroxyl groups excluding tert-OH is 1. The molecule has 174 valence electrons. The second-order valence-electron chi connectivity index (χ2n) is 9.68. The van der Waals surface area contributed by atoms with Gasteiger partial charge in [-0.2, -0.15) is 5.26 Å². The number of ether oxygens (including phenoxy) is 1. The van der Waals surface area contributed by atoms with Gasteiger partial charge in [-0.15, -0.1) is 0 Å². The van der Waals surface area contributed by atoms with Crippen LogP contribution in [-0.4, -0.2) is 42.9 Å². The molecule has 8 heteroatoms. The molecule has 2 aromatic carbocycles. The number of benzene rings is 2. The Morgan fingerprint density at radius 1 is 1.18 bits per heavy atom. The van der Waals surface area contributed by atoms with Crippen LogP contribution in [0.5, 0.6) is 5.75 Å². The first-order valence-electron chi connectivity index (χ1n) is 11.5. The highest BCUT2D eigenvalue weighted by molar-refractivity contribution is 7.92. The number of nitrogens with one attached hydrogen (secondary N) is 1. The largest absolute Gasteiger partial charge is 0.487 e. The minimum Gasteiger partial charge on any atom is -0.487 e. The third kappa shape index (κ3) is 4.58. The lowest BCUT2D eigenvalue weighted by molar-refractivity contribution is -0.0539. The summed E-state index contributed by atoms with van der Waals surface area (Å²) in [6.07, 6.45) is 5.72. The van der Waals surface area contributed by atoms with Gasteiger partial charge < -0.3 is 9.84 Å². The van der Waals surface area contributed by atoms with Crippen LogP contribution in [-0.2, 0) is 23.0 Å². The van der Waals surface area contributed by atoms with Gasteiger partial charge in [-0.25, -0.2) is 8.42 Å². The molecular weight excluding hydrogens is 438 g/mol. The van der Waals surface area contributed by atoms with Crippen LogP contribution < -0.4 is 9.46 Å². The molecular formula is C25H29N3O4S. The van der Waals surface area contributed by atoms with Crippen molar-refractivity contribution in [2.75, 3.05) is 17.5 Å². The number of nitriles is 1. The van der Waals surface area contributed by atoms with Crippen LogP contribution in [0.25, 0.3) is 0 Å². The van der Waals surface area contributed by atoms with Gasteiger partial charge in [0.05, 0.1) is 24.0 Å². The molecule has 2 heterocycles. The Balaban J connectivity index is 1.25. The summed E-state index contributed by atoms with van der Waals surface area (Å²) >= 11 is 0. The lowest BCUT2D eigenvalue weighted by Crippen LogP contribution is -2.49. The predicted molar refractivity (Wildman–Crippen MR) is 125 cm³/mol. The van der Waals surface area contributed by atoms with Gasteiger partial charge in [-0.3, -0.25) is 9.62 Å². The number of sulfonamides is 1. The van der Waals surface area contributed by atoms with E-state index in [1.54, 1.807) is 18.2 Å². The molecule has 2 aliphatic heterocycles. The van der Waals surface area contributed by atoms with Gasteiger partial charge in [0.15, 0.2) is 0 Å². The van der Waals surface area contributed by atoms with E-state index in [1.165, 1.54) is 11.1 Å². The zero-order chi connectivity index (χ0) is 23.2. The topological polar surface area (TPSA) is 103 Å². The summed E-state index contributed by atoms with van der Waals surface area (Å²) in [5, 5.41) is 20.0. The molecule has 1 aliphatic carbocycles. The summed E-state index contributed by atoms with van der Waals surface area (Å²) < 4.78 is 32.0. The first-order chi connectivity index (χ1) is 15.7. The monoisotopic (exact) mass is 467 g/mol. The minimum atomic E-state index is -3.38. The standard InChI is InChI=1S/C25H29N3O4S/c1-33(30,31)27-20-4-5-24-22(13-20)23(29)14-25(32-24)9-6-21(7-10-25)28-11-8-18-12-17(15-26)2-3-19(18)16-28/h2-5,12-13,21,23,27,29H,6-11,14,16H2,1H3. The number of hydrogen-bond donors (Lipinski definition) is 2. The predicted octanol–water partition coefficient (Wildman–Crippen LogP) is 3.49. The first-order valence-corrected chi connectivity index (χ1v) is 13.4. The van der Waals surface area contributed by atoms with Crippen molar-refractivity contribution in [2.45, 2.75) is 62.8 Å². The molecule has 0 amide bonds. The Hall–Kier alpha value is -2.60. The lowest BCUT2D eigenvalue weighted by Gasteiger charge is -2.47. The van der Waals surface area contributed by atoms with Gasteiger partial charge in [0.25, 0.3) is 0 Å². The number of fused-ring (bicyclic) bond motifs is 2. The number of aliphatic hydroxyl groups is 1. The fraction of sp³-hybridized carbons (Fsp3) is 0.480. The van der Waals surface area contributed by atoms with Crippen molar-refractivity contribution < 1.29 is 18.3 Å². The van der Waals surface area contributed by atoms with Crippen molar-refractivity contribution in [3.05, 3.63) is 58.7 Å². The highest BCUT2D eigenvalue weighted by atomic mass is 32.2. The van der Waals surface area contributed by atoms with E-state index in [-0.39, 0.29) is 5.60 Å². The molecule has 1 spiro atoms. The van der Waals surface area contributed by atoms with Crippen LogP contribution in [0.15, 0.2) is 36.4 Å². The molecule has 0 saturated heterocycles. The van der Waals surface area contributed by atoms with Gasteiger partial charge in [0, 0.05) is 36.8 Å². The van der Waals surface area contributed by atoms with Crippen molar-refractivity contribution in [3.63, 3.8) is 0 Å². The summed E-state index contributed by atoms with van der Waals surface area (Å²) in [7, 11) is -3.38. The summed E-state index contributed by atoms with van der Waals surface area (Å²) in [6, 6.07) is 13.8. The highest BCUT2D eigenvalue weighted by Crippen LogP contribution is 2.47. The maximum atomic E-state index is 11.5. The smallest absolute Gasteiger partial charge is 0.229 e. The molecule has 1 saturated carbocycles. The summed E-state index contributed by atoms with van der Waals surface area (Å²) in [6.45, 7) is 1.92. The Morgan fingerprint density at radius 2 is 1.97 bits per heavy atom. The molecule has 1 fully saturated rings. The van der Waals surface area contributed by atoms with Gasteiger partial charge >= 0.3 is 0 Å². The highest BCUT2D eigenvalue weighted by Gasteiger charge is 2.44. The molecule has 2 N–H and O–H groups in total. The van der Waals surface area contributed by atoms with E-state index >= 15 is 0 Å². The maximum Gasteiger partial charge on any atom is 0.229 e. The second kappa shape index (κ2) is 8.32. The van der Waals surface area contributed by atoms with Crippen LogP contribution in [0.2, 0.25) is 0 Å². The van der Waals surface area contributed by atoms with Crippen molar-refractivity contribution in [3.8, 4) is 11.8 Å². The van der Waals surface area contributed by atoms with Crippen LogP contribution >= 0.6 is 0 Å². The molecule has 0 radical (unpaired) electrons. The maximum absolute atomic E-state index is 11.5. The van der Waals surface area contributed by atoms with Crippen molar-refractivity contribution in [2.24, 2.45) is 0 Å². The number of nitrogens with zero attached hydrogens (tertiary/aromatic N) is 2. The average Bonchev–Trinajstić information content (AvgIpc) is 2.78. The van der Waals surface area contributed by atoms with E-state index in [4.69, 9.17) is 10.00 Å². The zero-order valence-corrected chi connectivity index (χ0v) is 19.6. The molecule has 2 aromatic rings. The summed E-state index contributed by atoms with van der Waals surface area (Å²) in [5.41, 5.74) is 4.04. The fourth-order valence-electron chi connectivity index (χ4n) is 5.67. The average molecular weight is 468 g/mol. The second-order valence-corrected chi connectivity index (χ2v) is 11.4. The Morgan fingerprint density at radius 3 is 2.70 bits per heavy atom. The van der Waals surface area contributed by atoms with Gasteiger partial charge in [-0.1, -0.05) is 6.07 Å². The number of hydrogen-bond acceptors (Lipinski definition) is 6. The minimum absolute atomic E-state index is 0.371. The van der Waals surface area contributed by atoms with Crippen LogP contribution in [0, 0.1) is 11.3 Å². The van der Waals surface area contributed by atoms with E-state index in [0.29, 0.717) is 29.5 Å². The van der Waals surface area contributed by atoms with Gasteiger partial charge in [0.1, 0.15) is 11.4 Å². The molecule has 0 aromatic heterocycles. The molecule has 1 unspecified atom stereocenters. The van der Waals surface area contributed by atoms with E-state index in [9.17, 15) is 13.5 Å². The summed E-state index contributed by atoms with van der Waals surface area (Å²) in [4.78, 5) is 2.55.